The van der Waals surface area contributed by atoms with E-state index in [1.54, 1.807) is 25.2 Å². The predicted octanol–water partition coefficient (Wildman–Crippen LogP) is 2.07. The maximum atomic E-state index is 12.0. The predicted molar refractivity (Wildman–Crippen MR) is 125 cm³/mol. The maximum absolute atomic E-state index is 12.0. The van der Waals surface area contributed by atoms with Crippen molar-refractivity contribution >= 4 is 40.0 Å². The van der Waals surface area contributed by atoms with Crippen LogP contribution in [0.2, 0.25) is 0 Å². The van der Waals surface area contributed by atoms with Gasteiger partial charge in [0.1, 0.15) is 0 Å². The molecule has 3 rings (SSSR count). The molecule has 29 heavy (non-hydrogen) atoms. The highest BCUT2D eigenvalue weighted by Crippen LogP contribution is 2.27. The molecule has 0 radical (unpaired) electrons. The van der Waals surface area contributed by atoms with Gasteiger partial charge in [0.25, 0.3) is 0 Å². The maximum Gasteiger partial charge on any atom is 0.240 e. The highest BCUT2D eigenvalue weighted by Gasteiger charge is 2.28. The summed E-state index contributed by atoms with van der Waals surface area (Å²) < 4.78 is 28.5. The summed E-state index contributed by atoms with van der Waals surface area (Å²) in [5.41, 5.74) is 0.883. The lowest BCUT2D eigenvalue weighted by atomic mass is 9.93. The van der Waals surface area contributed by atoms with Crippen LogP contribution < -0.4 is 10.0 Å². The van der Waals surface area contributed by atoms with E-state index in [0.717, 1.165) is 31.0 Å². The second-order valence-electron chi connectivity index (χ2n) is 7.04. The Bertz CT molecular complexity index is 917. The summed E-state index contributed by atoms with van der Waals surface area (Å²) in [5, 5.41) is 3.37. The third kappa shape index (κ3) is 5.70. The Balaban J connectivity index is 0.00000300. The zero-order valence-corrected chi connectivity index (χ0v) is 20.1. The molecule has 1 aliphatic rings. The number of sulfonamides is 1. The number of guanidine groups is 1. The Kier molecular flexibility index (Phi) is 8.46. The molecule has 2 aromatic rings. The zero-order chi connectivity index (χ0) is 20.1. The average Bonchev–Trinajstić information content (AvgIpc) is 3.24. The second kappa shape index (κ2) is 10.4. The molecule has 8 nitrogen and oxygen atoms in total. The van der Waals surface area contributed by atoms with E-state index in [1.807, 2.05) is 24.8 Å². The minimum absolute atomic E-state index is 0. The minimum Gasteiger partial charge on any atom is -0.352 e. The Hall–Kier alpha value is -1.66. The number of imidazole rings is 1. The van der Waals surface area contributed by atoms with Crippen molar-refractivity contribution in [3.8, 4) is 0 Å². The summed E-state index contributed by atoms with van der Waals surface area (Å²) in [7, 11) is -0.266. The number of piperidine rings is 1. The minimum atomic E-state index is -3.45. The highest BCUT2D eigenvalue weighted by molar-refractivity contribution is 14.0. The molecule has 2 atom stereocenters. The van der Waals surface area contributed by atoms with Crippen LogP contribution in [-0.4, -0.2) is 56.0 Å². The molecule has 1 aromatic carbocycles. The van der Waals surface area contributed by atoms with E-state index in [1.165, 1.54) is 7.05 Å². The van der Waals surface area contributed by atoms with E-state index >= 15 is 0 Å². The molecule has 0 bridgehead atoms. The molecule has 1 aliphatic heterocycles. The van der Waals surface area contributed by atoms with Gasteiger partial charge in [-0.3, -0.25) is 4.99 Å². The lowest BCUT2D eigenvalue weighted by Crippen LogP contribution is -2.48. The van der Waals surface area contributed by atoms with Crippen molar-refractivity contribution in [2.45, 2.75) is 30.8 Å². The Morgan fingerprint density at radius 3 is 2.83 bits per heavy atom. The average molecular weight is 532 g/mol. The molecule has 2 unspecified atom stereocenters. The molecular formula is C19H29IN6O2S. The largest absolute Gasteiger partial charge is 0.352 e. The fourth-order valence-electron chi connectivity index (χ4n) is 3.55. The molecule has 0 amide bonds. The van der Waals surface area contributed by atoms with Gasteiger partial charge in [0.05, 0.1) is 17.3 Å². The first kappa shape index (κ1) is 23.6. The van der Waals surface area contributed by atoms with Crippen molar-refractivity contribution in [1.29, 1.82) is 0 Å². The number of nitrogens with zero attached hydrogens (tertiary/aromatic N) is 4. The number of likely N-dealkylation sites (tertiary alicyclic amines) is 1. The molecule has 0 aliphatic carbocycles. The molecule has 2 heterocycles. The smallest absolute Gasteiger partial charge is 0.240 e. The summed E-state index contributed by atoms with van der Waals surface area (Å²) in [6.07, 6.45) is 6.76. The van der Waals surface area contributed by atoms with Crippen LogP contribution >= 0.6 is 24.0 Å². The molecule has 2 N–H and O–H groups in total. The van der Waals surface area contributed by atoms with E-state index in [4.69, 9.17) is 0 Å². The standard InChI is InChI=1S/C19H28N6O2S.HI/c1-15-7-9-24(13-18(15)25-10-8-22-14-25)19(20-2)23-12-16-5-4-6-17(11-16)28(26,27)21-3;/h4-6,8,10-11,14-15,18,21H,7,9,12-13H2,1-3H3,(H,20,23);1H. The number of halogens is 1. The molecule has 1 fully saturated rings. The number of aromatic nitrogens is 2. The summed E-state index contributed by atoms with van der Waals surface area (Å²) >= 11 is 0. The van der Waals surface area contributed by atoms with Gasteiger partial charge >= 0.3 is 0 Å². The van der Waals surface area contributed by atoms with Crippen molar-refractivity contribution in [1.82, 2.24) is 24.5 Å². The van der Waals surface area contributed by atoms with Crippen LogP contribution in [0, 0.1) is 5.92 Å². The Morgan fingerprint density at radius 1 is 1.38 bits per heavy atom. The lowest BCUT2D eigenvalue weighted by Gasteiger charge is -2.39. The summed E-state index contributed by atoms with van der Waals surface area (Å²) in [5.74, 6) is 1.38. The van der Waals surface area contributed by atoms with Gasteiger partial charge in [0.2, 0.25) is 10.0 Å². The molecule has 1 saturated heterocycles. The second-order valence-corrected chi connectivity index (χ2v) is 8.93. The first-order valence-corrected chi connectivity index (χ1v) is 10.9. The van der Waals surface area contributed by atoms with Gasteiger partial charge in [-0.15, -0.1) is 24.0 Å². The molecular weight excluding hydrogens is 503 g/mol. The van der Waals surface area contributed by atoms with Gasteiger partial charge < -0.3 is 14.8 Å². The highest BCUT2D eigenvalue weighted by atomic mass is 127. The van der Waals surface area contributed by atoms with Crippen molar-refractivity contribution in [2.24, 2.45) is 10.9 Å². The van der Waals surface area contributed by atoms with Crippen LogP contribution in [0.1, 0.15) is 24.9 Å². The summed E-state index contributed by atoms with van der Waals surface area (Å²) in [6, 6.07) is 7.27. The Labute approximate surface area is 189 Å². The third-order valence-electron chi connectivity index (χ3n) is 5.27. The summed E-state index contributed by atoms with van der Waals surface area (Å²) in [4.78, 5) is 11.1. The number of aliphatic imine (C=N–C) groups is 1. The van der Waals surface area contributed by atoms with E-state index in [2.05, 4.69) is 36.4 Å². The van der Waals surface area contributed by atoms with Gasteiger partial charge in [-0.1, -0.05) is 19.1 Å². The third-order valence-corrected chi connectivity index (χ3v) is 6.68. The number of benzene rings is 1. The van der Waals surface area contributed by atoms with Crippen LogP contribution in [0.4, 0.5) is 0 Å². The molecule has 160 valence electrons. The van der Waals surface area contributed by atoms with Gasteiger partial charge in [-0.05, 0) is 37.1 Å². The van der Waals surface area contributed by atoms with Crippen molar-refractivity contribution in [3.05, 3.63) is 48.5 Å². The Morgan fingerprint density at radius 2 is 2.17 bits per heavy atom. The molecule has 0 saturated carbocycles. The zero-order valence-electron chi connectivity index (χ0n) is 16.9. The number of hydrogen-bond acceptors (Lipinski definition) is 4. The van der Waals surface area contributed by atoms with Crippen LogP contribution in [-0.2, 0) is 16.6 Å². The van der Waals surface area contributed by atoms with E-state index in [9.17, 15) is 8.42 Å². The fraction of sp³-hybridized carbons (Fsp3) is 0.474. The van der Waals surface area contributed by atoms with E-state index in [-0.39, 0.29) is 28.9 Å². The van der Waals surface area contributed by atoms with Crippen LogP contribution in [0.25, 0.3) is 0 Å². The lowest BCUT2D eigenvalue weighted by molar-refractivity contribution is 0.189. The first-order valence-electron chi connectivity index (χ1n) is 9.40. The van der Waals surface area contributed by atoms with E-state index in [0.29, 0.717) is 18.5 Å². The van der Waals surface area contributed by atoms with Gasteiger partial charge in [-0.2, -0.15) is 0 Å². The number of nitrogens with one attached hydrogen (secondary N) is 2. The molecule has 1 aromatic heterocycles. The SMILES string of the molecule is CN=C(NCc1cccc(S(=O)(=O)NC)c1)N1CCC(C)C(n2ccnc2)C1.I. The van der Waals surface area contributed by atoms with Crippen molar-refractivity contribution in [2.75, 3.05) is 27.2 Å². The number of rotatable bonds is 5. The fourth-order valence-corrected chi connectivity index (χ4v) is 4.35. The van der Waals surface area contributed by atoms with Crippen molar-refractivity contribution < 1.29 is 8.42 Å². The quantitative estimate of drug-likeness (QED) is 0.350. The van der Waals surface area contributed by atoms with Crippen molar-refractivity contribution in [3.63, 3.8) is 0 Å². The summed E-state index contributed by atoms with van der Waals surface area (Å²) in [6.45, 7) is 4.55. The molecule has 10 heteroatoms. The van der Waals surface area contributed by atoms with E-state index < -0.39 is 10.0 Å². The van der Waals surface area contributed by atoms with Crippen LogP contribution in [0.3, 0.4) is 0 Å². The number of hydrogen-bond donors (Lipinski definition) is 2. The van der Waals surface area contributed by atoms with Gasteiger partial charge in [0.15, 0.2) is 5.96 Å². The van der Waals surface area contributed by atoms with Gasteiger partial charge in [0, 0.05) is 39.1 Å². The van der Waals surface area contributed by atoms with Crippen LogP contribution in [0.15, 0.2) is 52.9 Å². The monoisotopic (exact) mass is 532 g/mol. The van der Waals surface area contributed by atoms with Crippen LogP contribution in [0.5, 0.6) is 0 Å². The molecule has 0 spiro atoms. The normalized spacial score (nSPS) is 20.2. The first-order chi connectivity index (χ1) is 13.4. The topological polar surface area (TPSA) is 91.6 Å². The van der Waals surface area contributed by atoms with Gasteiger partial charge in [-0.25, -0.2) is 18.1 Å².